The average Bonchev–Trinajstić information content (AvgIpc) is 3.04. The first-order valence-electron chi connectivity index (χ1n) is 8.81. The van der Waals surface area contributed by atoms with Crippen LogP contribution in [-0.2, 0) is 4.79 Å². The minimum absolute atomic E-state index is 0.0225. The maximum atomic E-state index is 13.1. The number of halogens is 1. The lowest BCUT2D eigenvalue weighted by molar-refractivity contribution is -0.117. The van der Waals surface area contributed by atoms with E-state index in [1.54, 1.807) is 29.2 Å². The fraction of sp³-hybridized carbons (Fsp3) is 0.421. The molecule has 0 atom stereocenters. The van der Waals surface area contributed by atoms with Gasteiger partial charge < -0.3 is 10.2 Å². The van der Waals surface area contributed by atoms with Gasteiger partial charge in [0.15, 0.2) is 5.13 Å². The molecule has 0 unspecified atom stereocenters. The van der Waals surface area contributed by atoms with Crippen molar-refractivity contribution in [1.29, 1.82) is 0 Å². The monoisotopic (exact) mass is 391 g/mol. The molecule has 1 fully saturated rings. The fourth-order valence-corrected chi connectivity index (χ4v) is 4.17. The van der Waals surface area contributed by atoms with Crippen molar-refractivity contribution in [1.82, 2.24) is 9.88 Å². The second-order valence-electron chi connectivity index (χ2n) is 6.58. The third-order valence-electron chi connectivity index (χ3n) is 4.53. The van der Waals surface area contributed by atoms with Gasteiger partial charge >= 0.3 is 0 Å². The number of amides is 2. The molecule has 1 N–H and O–H groups in total. The molecule has 0 radical (unpaired) electrons. The van der Waals surface area contributed by atoms with Crippen LogP contribution in [0.3, 0.4) is 0 Å². The highest BCUT2D eigenvalue weighted by atomic mass is 35.5. The Kier molecular flexibility index (Phi) is 6.27. The lowest BCUT2D eigenvalue weighted by atomic mass is 9.93. The smallest absolute Gasteiger partial charge is 0.254 e. The molecule has 1 aliphatic rings. The molecule has 0 saturated heterocycles. The molecule has 5 nitrogen and oxygen atoms in total. The lowest BCUT2D eigenvalue weighted by Gasteiger charge is -2.34. The highest BCUT2D eigenvalue weighted by molar-refractivity contribution is 7.13. The van der Waals surface area contributed by atoms with E-state index in [2.05, 4.69) is 10.3 Å². The van der Waals surface area contributed by atoms with Crippen LogP contribution in [0, 0.1) is 6.92 Å². The summed E-state index contributed by atoms with van der Waals surface area (Å²) < 4.78 is 0. The van der Waals surface area contributed by atoms with Crippen LogP contribution in [0.25, 0.3) is 0 Å². The molecule has 138 valence electrons. The number of hydrogen-bond acceptors (Lipinski definition) is 4. The first-order chi connectivity index (χ1) is 12.5. The van der Waals surface area contributed by atoms with Crippen molar-refractivity contribution >= 4 is 39.9 Å². The van der Waals surface area contributed by atoms with Crippen LogP contribution >= 0.6 is 22.9 Å². The molecule has 1 aliphatic carbocycles. The lowest BCUT2D eigenvalue weighted by Crippen LogP contribution is -2.45. The van der Waals surface area contributed by atoms with Crippen LogP contribution < -0.4 is 5.32 Å². The SMILES string of the molecule is Cc1csc(NC(=O)CN(C(=O)c2cccc(Cl)c2)C2CCCCC2)n1. The number of benzene rings is 1. The topological polar surface area (TPSA) is 62.3 Å². The second kappa shape index (κ2) is 8.64. The molecule has 1 aromatic heterocycles. The quantitative estimate of drug-likeness (QED) is 0.815. The molecule has 1 heterocycles. The third kappa shape index (κ3) is 4.83. The molecule has 3 rings (SSSR count). The van der Waals surface area contributed by atoms with Crippen molar-refractivity contribution < 1.29 is 9.59 Å². The van der Waals surface area contributed by atoms with Crippen LogP contribution in [0.4, 0.5) is 5.13 Å². The average molecular weight is 392 g/mol. The molecule has 7 heteroatoms. The van der Waals surface area contributed by atoms with Gasteiger partial charge in [-0.3, -0.25) is 9.59 Å². The summed E-state index contributed by atoms with van der Waals surface area (Å²) in [7, 11) is 0. The van der Waals surface area contributed by atoms with Gasteiger partial charge in [0, 0.05) is 22.0 Å². The summed E-state index contributed by atoms with van der Waals surface area (Å²) >= 11 is 7.42. The standard InChI is InChI=1S/C19H22ClN3O2S/c1-13-12-26-19(21-13)22-17(24)11-23(16-8-3-2-4-9-16)18(25)14-6-5-7-15(20)10-14/h5-7,10,12,16H,2-4,8-9,11H2,1H3,(H,21,22,24). The summed E-state index contributed by atoms with van der Waals surface area (Å²) in [6, 6.07) is 6.97. The van der Waals surface area contributed by atoms with E-state index in [4.69, 9.17) is 11.6 Å². The number of nitrogens with zero attached hydrogens (tertiary/aromatic N) is 2. The molecule has 1 aromatic carbocycles. The van der Waals surface area contributed by atoms with Crippen LogP contribution in [0.2, 0.25) is 5.02 Å². The highest BCUT2D eigenvalue weighted by Gasteiger charge is 2.28. The predicted molar refractivity (Wildman–Crippen MR) is 105 cm³/mol. The van der Waals surface area contributed by atoms with Gasteiger partial charge in [0.25, 0.3) is 5.91 Å². The van der Waals surface area contributed by atoms with Gasteiger partial charge in [-0.2, -0.15) is 0 Å². The van der Waals surface area contributed by atoms with E-state index in [1.165, 1.54) is 17.8 Å². The van der Waals surface area contributed by atoms with Crippen molar-refractivity contribution in [3.8, 4) is 0 Å². The number of aromatic nitrogens is 1. The Morgan fingerprint density at radius 1 is 1.31 bits per heavy atom. The molecular weight excluding hydrogens is 370 g/mol. The predicted octanol–water partition coefficient (Wildman–Crippen LogP) is 4.52. The van der Waals surface area contributed by atoms with Crippen LogP contribution in [0.1, 0.15) is 48.2 Å². The van der Waals surface area contributed by atoms with Gasteiger partial charge in [0.2, 0.25) is 5.91 Å². The number of hydrogen-bond donors (Lipinski definition) is 1. The van der Waals surface area contributed by atoms with Crippen molar-refractivity contribution in [2.45, 2.75) is 45.1 Å². The number of aryl methyl sites for hydroxylation is 1. The zero-order valence-corrected chi connectivity index (χ0v) is 16.3. The molecule has 0 aliphatic heterocycles. The number of rotatable bonds is 5. The van der Waals surface area contributed by atoms with Gasteiger partial charge in [-0.15, -0.1) is 11.3 Å². The summed E-state index contributed by atoms with van der Waals surface area (Å²) in [5.74, 6) is -0.370. The fourth-order valence-electron chi connectivity index (χ4n) is 3.27. The van der Waals surface area contributed by atoms with Crippen LogP contribution in [0.15, 0.2) is 29.6 Å². The summed E-state index contributed by atoms with van der Waals surface area (Å²) in [5.41, 5.74) is 1.38. The molecule has 2 aromatic rings. The maximum absolute atomic E-state index is 13.1. The van der Waals surface area contributed by atoms with Gasteiger partial charge in [-0.1, -0.05) is 36.9 Å². The van der Waals surface area contributed by atoms with Crippen molar-refractivity contribution in [2.75, 3.05) is 11.9 Å². The number of thiazole rings is 1. The van der Waals surface area contributed by atoms with Gasteiger partial charge in [0.1, 0.15) is 6.54 Å². The van der Waals surface area contributed by atoms with E-state index < -0.39 is 0 Å². The van der Waals surface area contributed by atoms with E-state index in [1.807, 2.05) is 12.3 Å². The molecule has 2 amide bonds. The molecule has 0 bridgehead atoms. The van der Waals surface area contributed by atoms with Gasteiger partial charge in [0.05, 0.1) is 5.69 Å². The van der Waals surface area contributed by atoms with Crippen LogP contribution in [0.5, 0.6) is 0 Å². The number of nitrogens with one attached hydrogen (secondary N) is 1. The molecular formula is C19H22ClN3O2S. The second-order valence-corrected chi connectivity index (χ2v) is 7.87. The Bertz CT molecular complexity index is 787. The third-order valence-corrected chi connectivity index (χ3v) is 5.64. The summed E-state index contributed by atoms with van der Waals surface area (Å²) in [5, 5.41) is 5.76. The Hall–Kier alpha value is -1.92. The Balaban J connectivity index is 1.76. The van der Waals surface area contributed by atoms with Gasteiger partial charge in [-0.25, -0.2) is 4.98 Å². The van der Waals surface area contributed by atoms with E-state index >= 15 is 0 Å². The summed E-state index contributed by atoms with van der Waals surface area (Å²) in [6.45, 7) is 1.90. The normalized spacial score (nSPS) is 14.8. The van der Waals surface area contributed by atoms with Crippen molar-refractivity contribution in [3.63, 3.8) is 0 Å². The minimum atomic E-state index is -0.222. The largest absolute Gasteiger partial charge is 0.326 e. The molecule has 26 heavy (non-hydrogen) atoms. The minimum Gasteiger partial charge on any atom is -0.326 e. The van der Waals surface area contributed by atoms with Crippen molar-refractivity contribution in [2.24, 2.45) is 0 Å². The molecule has 1 saturated carbocycles. The summed E-state index contributed by atoms with van der Waals surface area (Å²) in [4.78, 5) is 31.5. The Morgan fingerprint density at radius 3 is 2.73 bits per heavy atom. The Morgan fingerprint density at radius 2 is 2.08 bits per heavy atom. The van der Waals surface area contributed by atoms with E-state index in [0.29, 0.717) is 15.7 Å². The van der Waals surface area contributed by atoms with Crippen LogP contribution in [-0.4, -0.2) is 34.3 Å². The molecule has 0 spiro atoms. The number of carbonyl (C=O) groups excluding carboxylic acids is 2. The van der Waals surface area contributed by atoms with Gasteiger partial charge in [-0.05, 0) is 38.0 Å². The summed E-state index contributed by atoms with van der Waals surface area (Å²) in [6.07, 6.45) is 5.20. The number of carbonyl (C=O) groups is 2. The first kappa shape index (κ1) is 18.9. The zero-order valence-electron chi connectivity index (χ0n) is 14.7. The first-order valence-corrected chi connectivity index (χ1v) is 10.1. The van der Waals surface area contributed by atoms with Crippen molar-refractivity contribution in [3.05, 3.63) is 45.9 Å². The maximum Gasteiger partial charge on any atom is 0.254 e. The highest BCUT2D eigenvalue weighted by Crippen LogP contribution is 2.25. The van der Waals surface area contributed by atoms with E-state index in [-0.39, 0.29) is 24.4 Å². The zero-order chi connectivity index (χ0) is 18.5. The Labute approximate surface area is 162 Å². The van der Waals surface area contributed by atoms with E-state index in [9.17, 15) is 9.59 Å². The number of anilines is 1. The van der Waals surface area contributed by atoms with E-state index in [0.717, 1.165) is 31.4 Å².